The van der Waals surface area contributed by atoms with Crippen LogP contribution < -0.4 is 11.1 Å². The van der Waals surface area contributed by atoms with Crippen LogP contribution in [0.4, 0.5) is 9.52 Å². The second-order valence-electron chi connectivity index (χ2n) is 8.53. The van der Waals surface area contributed by atoms with Gasteiger partial charge in [-0.1, -0.05) is 11.2 Å². The first kappa shape index (κ1) is 25.1. The van der Waals surface area contributed by atoms with E-state index in [1.165, 1.54) is 29.5 Å². The normalized spacial score (nSPS) is 23.9. The molecule has 0 radical (unpaired) electrons. The molecule has 0 spiro atoms. The Morgan fingerprint density at radius 2 is 2.17 bits per heavy atom. The number of amides is 2. The monoisotopic (exact) mass is 526 g/mol. The van der Waals surface area contributed by atoms with Crippen molar-refractivity contribution in [2.24, 2.45) is 5.16 Å². The molecule has 3 aliphatic rings. The highest BCUT2D eigenvalue weighted by Crippen LogP contribution is 2.40. The molecular weight excluding hydrogens is 501 g/mol. The number of allylic oxidation sites excluding steroid dienone is 1. The Morgan fingerprint density at radius 3 is 2.80 bits per heavy atom. The van der Waals surface area contributed by atoms with Crippen LogP contribution >= 0.6 is 23.3 Å². The summed E-state index contributed by atoms with van der Waals surface area (Å²) in [5, 5.41) is 15.2. The van der Waals surface area contributed by atoms with Gasteiger partial charge in [0.05, 0.1) is 26.7 Å². The van der Waals surface area contributed by atoms with Crippen molar-refractivity contribution in [1.82, 2.24) is 19.6 Å². The van der Waals surface area contributed by atoms with E-state index in [1.54, 1.807) is 6.08 Å². The molecule has 12 nitrogen and oxygen atoms in total. The number of likely N-dealkylation sites (N-methyl/N-ethyl adjacent to an activating group) is 1. The number of carboxylic acid groups (broad SMARTS) is 1. The topological polar surface area (TPSA) is 160 Å². The molecule has 0 aromatic carbocycles. The molecule has 2 atom stereocenters. The molecule has 3 aliphatic heterocycles. The molecule has 0 aliphatic carbocycles. The molecule has 4 heterocycles. The molecule has 0 saturated carbocycles. The van der Waals surface area contributed by atoms with E-state index in [0.29, 0.717) is 11.3 Å². The van der Waals surface area contributed by atoms with Crippen LogP contribution in [0.25, 0.3) is 0 Å². The summed E-state index contributed by atoms with van der Waals surface area (Å²) in [7, 11) is 2.17. The van der Waals surface area contributed by atoms with Crippen molar-refractivity contribution < 1.29 is 33.2 Å². The zero-order valence-electron chi connectivity index (χ0n) is 18.8. The Kier molecular flexibility index (Phi) is 7.37. The third-order valence-corrected chi connectivity index (χ3v) is 7.92. The summed E-state index contributed by atoms with van der Waals surface area (Å²) in [4.78, 5) is 47.1. The van der Waals surface area contributed by atoms with Gasteiger partial charge in [0.25, 0.3) is 18.7 Å². The van der Waals surface area contributed by atoms with Crippen LogP contribution in [0.5, 0.6) is 0 Å². The molecule has 0 unspecified atom stereocenters. The number of hydrogen-bond acceptors (Lipinski definition) is 10. The predicted molar refractivity (Wildman–Crippen MR) is 127 cm³/mol. The highest BCUT2D eigenvalue weighted by Gasteiger charge is 2.54. The highest BCUT2D eigenvalue weighted by atomic mass is 32.2. The minimum absolute atomic E-state index is 0.0621. The van der Waals surface area contributed by atoms with Gasteiger partial charge in [-0.15, -0.1) is 11.8 Å². The zero-order chi connectivity index (χ0) is 25.2. The summed E-state index contributed by atoms with van der Waals surface area (Å²) in [5.74, 6) is -2.47. The number of aliphatic carboxylic acids is 1. The number of nitrogen functional groups attached to an aromatic ring is 1. The molecule has 2 fully saturated rings. The number of nitrogens with zero attached hydrogens (tertiary/aromatic N) is 5. The van der Waals surface area contributed by atoms with Gasteiger partial charge in [0, 0.05) is 30.1 Å². The largest absolute Gasteiger partial charge is 0.477 e. The Hall–Kier alpha value is -3.04. The first-order valence-electron chi connectivity index (χ1n) is 10.8. The number of fused-ring (bicyclic) bond motifs is 1. The summed E-state index contributed by atoms with van der Waals surface area (Å²) in [6, 6.07) is -1.01. The van der Waals surface area contributed by atoms with Crippen LogP contribution in [0.15, 0.2) is 28.6 Å². The van der Waals surface area contributed by atoms with Crippen molar-refractivity contribution in [3.8, 4) is 0 Å². The lowest BCUT2D eigenvalue weighted by molar-refractivity contribution is -0.891. The number of hydrogen-bond donors (Lipinski definition) is 3. The predicted octanol–water partition coefficient (Wildman–Crippen LogP) is 0.303. The summed E-state index contributed by atoms with van der Waals surface area (Å²) in [5.41, 5.74) is 5.55. The zero-order valence-corrected chi connectivity index (χ0v) is 20.5. The Morgan fingerprint density at radius 1 is 1.43 bits per heavy atom. The van der Waals surface area contributed by atoms with Crippen LogP contribution in [-0.2, 0) is 19.2 Å². The molecule has 15 heteroatoms. The standard InChI is InChI=1S/C20H24FN7O5S2/c1-28(6-2-3-7-28)8-4-5-11-9-34-18-13(17(30)27(18)14(11)19(31)32)23-16(29)12(25-33-10-21)15-24-20(22)35-26-15/h4-5,13,18H,2-3,6-10H2,1H3,(H3-,22,23,24,26,29,31,32)/p+1/b5-4+,25-12-/t13-,18+/m1/s1. The van der Waals surface area contributed by atoms with Gasteiger partial charge in [0.2, 0.25) is 11.5 Å². The van der Waals surface area contributed by atoms with Crippen molar-refractivity contribution in [1.29, 1.82) is 0 Å². The van der Waals surface area contributed by atoms with Gasteiger partial charge in [-0.3, -0.25) is 14.5 Å². The minimum Gasteiger partial charge on any atom is -0.477 e. The first-order chi connectivity index (χ1) is 16.7. The lowest BCUT2D eigenvalue weighted by Crippen LogP contribution is -2.71. The second-order valence-corrected chi connectivity index (χ2v) is 10.4. The Labute approximate surface area is 208 Å². The number of anilines is 1. The fraction of sp³-hybridized carbons (Fsp3) is 0.500. The van der Waals surface area contributed by atoms with E-state index in [0.717, 1.165) is 35.6 Å². The maximum atomic E-state index is 12.9. The highest BCUT2D eigenvalue weighted by molar-refractivity contribution is 8.00. The van der Waals surface area contributed by atoms with Gasteiger partial charge in [-0.2, -0.15) is 9.36 Å². The molecule has 188 valence electrons. The van der Waals surface area contributed by atoms with E-state index in [4.69, 9.17) is 5.73 Å². The number of thioether (sulfide) groups is 1. The molecule has 2 amide bonds. The van der Waals surface area contributed by atoms with Gasteiger partial charge in [0.1, 0.15) is 17.1 Å². The average Bonchev–Trinajstić information content (AvgIpc) is 3.45. The summed E-state index contributed by atoms with van der Waals surface area (Å²) in [6.45, 7) is 1.67. The van der Waals surface area contributed by atoms with Gasteiger partial charge in [-0.25, -0.2) is 9.18 Å². The molecule has 4 N–H and O–H groups in total. The lowest BCUT2D eigenvalue weighted by Gasteiger charge is -2.49. The Balaban J connectivity index is 1.48. The number of carboxylic acids is 1. The fourth-order valence-corrected chi connectivity index (χ4v) is 6.07. The van der Waals surface area contributed by atoms with E-state index in [2.05, 4.69) is 31.7 Å². The van der Waals surface area contributed by atoms with E-state index in [1.807, 2.05) is 6.08 Å². The maximum Gasteiger partial charge on any atom is 0.352 e. The minimum atomic E-state index is -1.29. The number of rotatable bonds is 9. The van der Waals surface area contributed by atoms with Crippen molar-refractivity contribution in [2.45, 2.75) is 24.3 Å². The van der Waals surface area contributed by atoms with E-state index < -0.39 is 41.8 Å². The third-order valence-electron chi connectivity index (χ3n) is 6.07. The van der Waals surface area contributed by atoms with Crippen LogP contribution in [0.2, 0.25) is 0 Å². The van der Waals surface area contributed by atoms with Gasteiger partial charge in [0.15, 0.2) is 5.13 Å². The molecule has 35 heavy (non-hydrogen) atoms. The number of nitrogens with one attached hydrogen (secondary N) is 1. The van der Waals surface area contributed by atoms with E-state index in [9.17, 15) is 23.9 Å². The number of β-lactam (4-membered cyclic amide) rings is 1. The van der Waals surface area contributed by atoms with Crippen molar-refractivity contribution in [2.75, 3.05) is 45.0 Å². The van der Waals surface area contributed by atoms with Crippen LogP contribution in [0.3, 0.4) is 0 Å². The number of nitrogens with two attached hydrogens (primary N) is 1. The summed E-state index contributed by atoms with van der Waals surface area (Å²) < 4.78 is 17.2. The van der Waals surface area contributed by atoms with Crippen molar-refractivity contribution in [3.63, 3.8) is 0 Å². The smallest absolute Gasteiger partial charge is 0.352 e. The number of alkyl halides is 1. The number of carbonyl (C=O) groups excluding carboxylic acids is 2. The third kappa shape index (κ3) is 5.16. The molecule has 1 aromatic heterocycles. The molecule has 0 bridgehead atoms. The van der Waals surface area contributed by atoms with Gasteiger partial charge >= 0.3 is 5.97 Å². The molecule has 2 saturated heterocycles. The van der Waals surface area contributed by atoms with Crippen LogP contribution in [0, 0.1) is 0 Å². The number of halogens is 1. The molecular formula is C20H25FN7O5S2+. The molecule has 4 rings (SSSR count). The lowest BCUT2D eigenvalue weighted by atomic mass is 10.0. The number of oxime groups is 1. The maximum absolute atomic E-state index is 12.9. The van der Waals surface area contributed by atoms with Crippen molar-refractivity contribution >= 4 is 51.9 Å². The van der Waals surface area contributed by atoms with Gasteiger partial charge in [-0.05, 0) is 11.6 Å². The number of likely N-dealkylation sites (tertiary alicyclic amines) is 1. The van der Waals surface area contributed by atoms with Gasteiger partial charge < -0.3 is 25.5 Å². The second kappa shape index (κ2) is 10.3. The summed E-state index contributed by atoms with van der Waals surface area (Å²) >= 11 is 2.15. The van der Waals surface area contributed by atoms with E-state index in [-0.39, 0.29) is 16.7 Å². The SMILES string of the molecule is C[N+]1(C/C=C/C2=C(C(=O)O)N3C(=O)[C@@H](NC(=O)/C(=N\OCF)c4nsc(N)n4)[C@@H]3SC2)CCCC1. The number of carbonyl (C=O) groups is 3. The van der Waals surface area contributed by atoms with Crippen LogP contribution in [-0.4, -0.2) is 98.1 Å². The average molecular weight is 527 g/mol. The summed E-state index contributed by atoms with van der Waals surface area (Å²) in [6.07, 6.45) is 6.11. The number of aromatic nitrogens is 2. The van der Waals surface area contributed by atoms with E-state index >= 15 is 0 Å². The first-order valence-corrected chi connectivity index (χ1v) is 12.6. The molecule has 1 aromatic rings. The quantitative estimate of drug-likeness (QED) is 0.178. The van der Waals surface area contributed by atoms with Crippen LogP contribution in [0.1, 0.15) is 18.7 Å². The fourth-order valence-electron chi connectivity index (χ4n) is 4.32. The number of quaternary nitrogens is 1. The van der Waals surface area contributed by atoms with Crippen molar-refractivity contribution in [3.05, 3.63) is 29.2 Å². The Bertz CT molecular complexity index is 1120.